The maximum Gasteiger partial charge on any atom is 0.256 e. The summed E-state index contributed by atoms with van der Waals surface area (Å²) in [6, 6.07) is 1.75. The summed E-state index contributed by atoms with van der Waals surface area (Å²) in [6.45, 7) is 1.52. The second-order valence-electron chi connectivity index (χ2n) is 2.89. The zero-order valence-electron chi connectivity index (χ0n) is 7.50. The van der Waals surface area contributed by atoms with Gasteiger partial charge in [0.1, 0.15) is 0 Å². The predicted molar refractivity (Wildman–Crippen MR) is 45.7 cm³/mol. The molecule has 0 aliphatic rings. The number of aliphatic hydroxyl groups excluding tert-OH is 1. The standard InChI is InChI=1S/C9H13F2NO/c1-2-8-3-7(6-13)4-12(8)5-9(10)11/h3-4,9,13H,2,5-6H2,1H3. The number of aromatic nitrogens is 1. The number of hydrogen-bond donors (Lipinski definition) is 1. The van der Waals surface area contributed by atoms with E-state index < -0.39 is 6.43 Å². The van der Waals surface area contributed by atoms with Crippen LogP contribution in [0.4, 0.5) is 8.78 Å². The van der Waals surface area contributed by atoms with E-state index in [2.05, 4.69) is 0 Å². The van der Waals surface area contributed by atoms with Gasteiger partial charge in [-0.25, -0.2) is 8.78 Å². The van der Waals surface area contributed by atoms with E-state index >= 15 is 0 Å². The molecular weight excluding hydrogens is 176 g/mol. The molecule has 0 saturated heterocycles. The van der Waals surface area contributed by atoms with Gasteiger partial charge in [-0.15, -0.1) is 0 Å². The van der Waals surface area contributed by atoms with Gasteiger partial charge in [0.25, 0.3) is 6.43 Å². The summed E-state index contributed by atoms with van der Waals surface area (Å²) < 4.78 is 25.6. The van der Waals surface area contributed by atoms with E-state index in [1.807, 2.05) is 6.92 Å². The Kier molecular flexibility index (Phi) is 3.42. The van der Waals surface area contributed by atoms with Crippen LogP contribution in [0, 0.1) is 0 Å². The molecule has 0 bridgehead atoms. The van der Waals surface area contributed by atoms with Gasteiger partial charge in [-0.05, 0) is 18.1 Å². The molecule has 0 atom stereocenters. The van der Waals surface area contributed by atoms with Crippen LogP contribution in [-0.4, -0.2) is 16.1 Å². The third kappa shape index (κ3) is 2.52. The average molecular weight is 189 g/mol. The third-order valence-corrected chi connectivity index (χ3v) is 1.92. The van der Waals surface area contributed by atoms with Crippen LogP contribution >= 0.6 is 0 Å². The fourth-order valence-electron chi connectivity index (χ4n) is 1.33. The summed E-state index contributed by atoms with van der Waals surface area (Å²) in [7, 11) is 0. The van der Waals surface area contributed by atoms with Gasteiger partial charge in [0, 0.05) is 11.9 Å². The van der Waals surface area contributed by atoms with E-state index in [1.165, 1.54) is 4.57 Å². The van der Waals surface area contributed by atoms with Crippen LogP contribution in [-0.2, 0) is 19.6 Å². The third-order valence-electron chi connectivity index (χ3n) is 1.92. The lowest BCUT2D eigenvalue weighted by Gasteiger charge is -2.05. The van der Waals surface area contributed by atoms with Crippen molar-refractivity contribution in [1.29, 1.82) is 0 Å². The van der Waals surface area contributed by atoms with E-state index in [1.54, 1.807) is 12.3 Å². The molecule has 0 fully saturated rings. The number of aliphatic hydroxyl groups is 1. The second kappa shape index (κ2) is 4.37. The van der Waals surface area contributed by atoms with E-state index in [-0.39, 0.29) is 13.2 Å². The smallest absolute Gasteiger partial charge is 0.256 e. The number of nitrogens with zero attached hydrogens (tertiary/aromatic N) is 1. The first-order valence-electron chi connectivity index (χ1n) is 4.24. The molecule has 74 valence electrons. The minimum Gasteiger partial charge on any atom is -0.392 e. The van der Waals surface area contributed by atoms with Gasteiger partial charge in [-0.2, -0.15) is 0 Å². The minimum atomic E-state index is -2.34. The Morgan fingerprint density at radius 1 is 1.54 bits per heavy atom. The number of aryl methyl sites for hydroxylation is 1. The van der Waals surface area contributed by atoms with Gasteiger partial charge in [-0.1, -0.05) is 6.92 Å². The van der Waals surface area contributed by atoms with Crippen molar-refractivity contribution in [3.05, 3.63) is 23.5 Å². The van der Waals surface area contributed by atoms with Crippen molar-refractivity contribution in [3.8, 4) is 0 Å². The summed E-state index contributed by atoms with van der Waals surface area (Å²) in [5.74, 6) is 0. The Bertz CT molecular complexity index is 271. The van der Waals surface area contributed by atoms with Crippen molar-refractivity contribution in [2.45, 2.75) is 32.9 Å². The molecule has 1 N–H and O–H groups in total. The highest BCUT2D eigenvalue weighted by molar-refractivity contribution is 5.18. The zero-order valence-corrected chi connectivity index (χ0v) is 7.50. The van der Waals surface area contributed by atoms with E-state index in [4.69, 9.17) is 5.11 Å². The highest BCUT2D eigenvalue weighted by Crippen LogP contribution is 2.11. The fourth-order valence-corrected chi connectivity index (χ4v) is 1.33. The van der Waals surface area contributed by atoms with Crippen molar-refractivity contribution < 1.29 is 13.9 Å². The largest absolute Gasteiger partial charge is 0.392 e. The SMILES string of the molecule is CCc1cc(CO)cn1CC(F)F. The van der Waals surface area contributed by atoms with E-state index in [9.17, 15) is 8.78 Å². The molecular formula is C9H13F2NO. The molecule has 4 heteroatoms. The van der Waals surface area contributed by atoms with Gasteiger partial charge in [0.05, 0.1) is 13.2 Å². The summed E-state index contributed by atoms with van der Waals surface area (Å²) in [6.07, 6.45) is -0.0678. The van der Waals surface area contributed by atoms with Gasteiger partial charge >= 0.3 is 0 Å². The summed E-state index contributed by atoms with van der Waals surface area (Å²) in [5.41, 5.74) is 1.53. The molecule has 0 aromatic carbocycles. The summed E-state index contributed by atoms with van der Waals surface area (Å²) in [5, 5.41) is 8.80. The van der Waals surface area contributed by atoms with Gasteiger partial charge in [0.15, 0.2) is 0 Å². The Labute approximate surface area is 75.8 Å². The Hall–Kier alpha value is -0.900. The Morgan fingerprint density at radius 2 is 2.23 bits per heavy atom. The number of halogens is 2. The molecule has 0 amide bonds. The molecule has 13 heavy (non-hydrogen) atoms. The van der Waals surface area contributed by atoms with Crippen LogP contribution in [0.5, 0.6) is 0 Å². The molecule has 1 rings (SSSR count). The number of alkyl halides is 2. The second-order valence-corrected chi connectivity index (χ2v) is 2.89. The van der Waals surface area contributed by atoms with Crippen molar-refractivity contribution in [2.75, 3.05) is 0 Å². The molecule has 1 aromatic rings. The van der Waals surface area contributed by atoms with E-state index in [0.717, 1.165) is 5.69 Å². The molecule has 1 heterocycles. The van der Waals surface area contributed by atoms with E-state index in [0.29, 0.717) is 12.0 Å². The molecule has 1 aromatic heterocycles. The van der Waals surface area contributed by atoms with Gasteiger partial charge in [-0.3, -0.25) is 0 Å². The van der Waals surface area contributed by atoms with Crippen LogP contribution in [0.25, 0.3) is 0 Å². The molecule has 0 aliphatic heterocycles. The lowest BCUT2D eigenvalue weighted by molar-refractivity contribution is 0.125. The van der Waals surface area contributed by atoms with Crippen LogP contribution in [0.15, 0.2) is 12.3 Å². The van der Waals surface area contributed by atoms with Crippen molar-refractivity contribution >= 4 is 0 Å². The topological polar surface area (TPSA) is 25.2 Å². The van der Waals surface area contributed by atoms with Gasteiger partial charge in [0.2, 0.25) is 0 Å². The molecule has 0 radical (unpaired) electrons. The molecule has 0 unspecified atom stereocenters. The molecule has 0 saturated carbocycles. The maximum absolute atomic E-state index is 12.1. The fraction of sp³-hybridized carbons (Fsp3) is 0.556. The first kappa shape index (κ1) is 10.2. The maximum atomic E-state index is 12.1. The molecule has 0 aliphatic carbocycles. The monoisotopic (exact) mass is 189 g/mol. The van der Waals surface area contributed by atoms with Gasteiger partial charge < -0.3 is 9.67 Å². The Morgan fingerprint density at radius 3 is 2.69 bits per heavy atom. The highest BCUT2D eigenvalue weighted by atomic mass is 19.3. The van der Waals surface area contributed by atoms with Crippen molar-refractivity contribution in [3.63, 3.8) is 0 Å². The van der Waals surface area contributed by atoms with Crippen LogP contribution in [0.3, 0.4) is 0 Å². The van der Waals surface area contributed by atoms with Crippen LogP contribution < -0.4 is 0 Å². The number of hydrogen-bond acceptors (Lipinski definition) is 1. The summed E-state index contributed by atoms with van der Waals surface area (Å²) in [4.78, 5) is 0. The normalized spacial score (nSPS) is 11.2. The average Bonchev–Trinajstić information content (AvgIpc) is 2.46. The van der Waals surface area contributed by atoms with Crippen molar-refractivity contribution in [2.24, 2.45) is 0 Å². The van der Waals surface area contributed by atoms with Crippen molar-refractivity contribution in [1.82, 2.24) is 4.57 Å². The quantitative estimate of drug-likeness (QED) is 0.767. The Balaban J connectivity index is 2.84. The van der Waals surface area contributed by atoms with Crippen LogP contribution in [0.1, 0.15) is 18.2 Å². The highest BCUT2D eigenvalue weighted by Gasteiger charge is 2.08. The zero-order chi connectivity index (χ0) is 9.84. The lowest BCUT2D eigenvalue weighted by Crippen LogP contribution is -2.07. The summed E-state index contributed by atoms with van der Waals surface area (Å²) >= 11 is 0. The first-order valence-corrected chi connectivity index (χ1v) is 4.24. The first-order chi connectivity index (χ1) is 6.17. The minimum absolute atomic E-state index is 0.0940. The van der Waals surface area contributed by atoms with Crippen LogP contribution in [0.2, 0.25) is 0 Å². The lowest BCUT2D eigenvalue weighted by atomic mass is 10.3. The molecule has 2 nitrogen and oxygen atoms in total. The molecule has 0 spiro atoms. The predicted octanol–water partition coefficient (Wildman–Crippen LogP) is 1.81. The number of rotatable bonds is 4.